The zero-order valence-corrected chi connectivity index (χ0v) is 69.3. The molecule has 0 fully saturated rings. The van der Waals surface area contributed by atoms with E-state index in [1.165, 1.54) is 0 Å². The minimum absolute atomic E-state index is 0.00735. The van der Waals surface area contributed by atoms with Gasteiger partial charge in [0.2, 0.25) is 70.9 Å². The van der Waals surface area contributed by atoms with Gasteiger partial charge in [0.25, 0.3) is 0 Å². The van der Waals surface area contributed by atoms with Crippen molar-refractivity contribution >= 4 is 143 Å². The molecule has 0 aromatic carbocycles. The first-order valence-electron chi connectivity index (χ1n) is 39.7. The Hall–Kier alpha value is -13.0. The van der Waals surface area contributed by atoms with Crippen molar-refractivity contribution in [2.75, 3.05) is 52.7 Å². The summed E-state index contributed by atoms with van der Waals surface area (Å²) in [7, 11) is 0. The van der Waals surface area contributed by atoms with Gasteiger partial charge in [-0.25, -0.2) is 28.8 Å². The highest BCUT2D eigenvalue weighted by atomic mass is 16.6. The lowest BCUT2D eigenvalue weighted by molar-refractivity contribution is -0.155. The van der Waals surface area contributed by atoms with E-state index >= 15 is 0 Å². The zero-order chi connectivity index (χ0) is 96.6. The molecule has 12 unspecified atom stereocenters. The average Bonchev–Trinajstić information content (AvgIpc) is 0.867. The van der Waals surface area contributed by atoms with E-state index in [0.717, 1.165) is 6.92 Å². The number of hydrogen-bond acceptors (Lipinski definition) is 30. The van der Waals surface area contributed by atoms with Crippen LogP contribution in [0.15, 0.2) is 0 Å². The number of rotatable bonds is 74. The van der Waals surface area contributed by atoms with Crippen molar-refractivity contribution in [3.63, 3.8) is 0 Å². The van der Waals surface area contributed by atoms with Crippen LogP contribution in [0.25, 0.3) is 0 Å². The van der Waals surface area contributed by atoms with Crippen LogP contribution in [0.3, 0.4) is 0 Å². The lowest BCUT2D eigenvalue weighted by Crippen LogP contribution is -2.56. The fraction of sp³-hybridized carbons (Fsp3) is 0.671. The molecule has 716 valence electrons. The van der Waals surface area contributed by atoms with Gasteiger partial charge in [-0.15, -0.1) is 0 Å². The third-order valence-electron chi connectivity index (χ3n) is 18.1. The molecule has 0 aliphatic rings. The lowest BCUT2D eigenvalue weighted by Gasteiger charge is -2.30. The summed E-state index contributed by atoms with van der Waals surface area (Å²) in [5.74, 6) is -33.7. The normalized spacial score (nSPS) is 14.3. The number of carbonyl (C=O) groups excluding carboxylic acids is 12. The van der Waals surface area contributed by atoms with Gasteiger partial charge in [-0.3, -0.25) is 86.3 Å². The molecular weight excluding hydrogens is 1710 g/mol. The van der Waals surface area contributed by atoms with Crippen LogP contribution < -0.4 is 81.0 Å². The molecule has 30 N–H and O–H groups in total. The molecule has 0 rings (SSSR count). The van der Waals surface area contributed by atoms with E-state index in [-0.39, 0.29) is 77.4 Å². The van der Waals surface area contributed by atoms with Crippen molar-refractivity contribution in [1.29, 1.82) is 0 Å². The van der Waals surface area contributed by atoms with E-state index in [4.69, 9.17) is 46.7 Å². The van der Waals surface area contributed by atoms with Crippen molar-refractivity contribution in [2.24, 2.45) is 17.2 Å². The Morgan fingerprint density at radius 2 is 0.402 bits per heavy atom. The topological polar surface area (TPSA) is 903 Å². The summed E-state index contributed by atoms with van der Waals surface area (Å²) in [6.07, 6.45) is -13.7. The molecule has 127 heavy (non-hydrogen) atoms. The van der Waals surface area contributed by atoms with Crippen LogP contribution >= 0.6 is 0 Å². The smallest absolute Gasteiger partial charge is 0.326 e. The molecule has 54 heteroatoms. The second-order valence-electron chi connectivity index (χ2n) is 28.9. The fourth-order valence-corrected chi connectivity index (χ4v) is 11.3. The summed E-state index contributed by atoms with van der Waals surface area (Å²) in [5.41, 5.74) is 15.0. The van der Waals surface area contributed by atoms with Gasteiger partial charge in [-0.2, -0.15) is 0 Å². The maximum absolute atomic E-state index is 14.3. The Morgan fingerprint density at radius 3 is 0.598 bits per heavy atom. The van der Waals surface area contributed by atoms with E-state index in [1.807, 2.05) is 16.0 Å². The van der Waals surface area contributed by atoms with E-state index in [0.29, 0.717) is 0 Å². The van der Waals surface area contributed by atoms with Crippen LogP contribution in [-0.4, -0.2) is 335 Å². The molecule has 0 spiro atoms. The number of nitrogens with two attached hydrogens (primary N) is 3. The van der Waals surface area contributed by atoms with Crippen molar-refractivity contribution < 1.29 is 191 Å². The van der Waals surface area contributed by atoms with Crippen LogP contribution in [0.4, 0.5) is 0 Å². The molecule has 54 nitrogen and oxygen atoms in total. The Bertz CT molecular complexity index is 3640. The van der Waals surface area contributed by atoms with Crippen LogP contribution in [0, 0.1) is 0 Å². The largest absolute Gasteiger partial charge is 0.481 e. The second kappa shape index (κ2) is 62.2. The number of nitrogens with one attached hydrogen (secondary N) is 12. The monoisotopic (exact) mass is 1830 g/mol. The number of aliphatic carboxylic acids is 12. The molecule has 0 aliphatic carbocycles. The molecule has 0 saturated carbocycles. The van der Waals surface area contributed by atoms with Crippen LogP contribution in [0.2, 0.25) is 0 Å². The predicted octanol–water partition coefficient (Wildman–Crippen LogP) is -7.96. The third kappa shape index (κ3) is 52.4. The summed E-state index contributed by atoms with van der Waals surface area (Å²) in [4.78, 5) is 306. The van der Waals surface area contributed by atoms with Gasteiger partial charge in [0.15, 0.2) is 0 Å². The van der Waals surface area contributed by atoms with Gasteiger partial charge in [0, 0.05) is 57.8 Å². The second-order valence-corrected chi connectivity index (χ2v) is 28.9. The van der Waals surface area contributed by atoms with Crippen LogP contribution in [-0.2, 0) is 129 Å². The summed E-state index contributed by atoms with van der Waals surface area (Å²) in [5, 5.41) is 140. The molecule has 0 saturated heterocycles. The number of amides is 12. The van der Waals surface area contributed by atoms with E-state index < -0.39 is 369 Å². The van der Waals surface area contributed by atoms with Crippen molar-refractivity contribution in [2.45, 2.75) is 258 Å². The molecule has 0 bridgehead atoms. The Morgan fingerprint density at radius 1 is 0.228 bits per heavy atom. The van der Waals surface area contributed by atoms with E-state index in [1.54, 1.807) is 0 Å². The number of unbranched alkanes of at least 4 members (excludes halogenated alkanes) is 3. The summed E-state index contributed by atoms with van der Waals surface area (Å²) in [6, 6.07) is -22.1. The molecule has 12 atom stereocenters. The molecule has 0 aliphatic heterocycles. The Kier molecular flexibility index (Phi) is 55.9. The number of carboxylic acids is 12. The molecular formula is C73H115N15O39. The first-order chi connectivity index (χ1) is 59.6. The third-order valence-corrected chi connectivity index (χ3v) is 18.1. The van der Waals surface area contributed by atoms with Gasteiger partial charge >= 0.3 is 71.6 Å². The molecule has 0 aromatic heterocycles. The Labute approximate surface area is 722 Å². The van der Waals surface area contributed by atoms with Gasteiger partial charge in [0.1, 0.15) is 97.9 Å². The van der Waals surface area contributed by atoms with Crippen molar-refractivity contribution in [1.82, 2.24) is 63.8 Å². The number of carbonyl (C=O) groups is 24. The lowest BCUT2D eigenvalue weighted by atomic mass is 10.0. The SMILES string of the molecule is CC(COCC(=O)NC(CCCCN)C(=O)NC(CCC(=O)NC(CCC(=O)O)C(=O)O)C(=O)NC(CCC(=O)O)C(=O)O)(COCC(=O)NC(CCCCN)C(=O)NC(CCC(=O)NC(CCC(=O)O)C(=O)O)C(=O)NC(CCC(=O)O)C(=O)O)OCC(=O)NC(CCCCN)C(=O)NC(CCC(=O)NC(CCC(=O)O)C(=O)O)C(=O)NC(CCC(=O)O)C(=O)O. The number of ether oxygens (including phenoxy) is 3. The molecule has 0 aromatic rings. The number of carboxylic acid groups (broad SMARTS) is 12. The molecule has 0 radical (unpaired) electrons. The number of hydrogen-bond donors (Lipinski definition) is 27. The van der Waals surface area contributed by atoms with Crippen LogP contribution in [0.5, 0.6) is 0 Å². The first kappa shape index (κ1) is 114. The van der Waals surface area contributed by atoms with Gasteiger partial charge < -0.3 is 156 Å². The van der Waals surface area contributed by atoms with E-state index in [2.05, 4.69) is 47.9 Å². The highest BCUT2D eigenvalue weighted by Gasteiger charge is 2.38. The zero-order valence-electron chi connectivity index (χ0n) is 69.3. The molecule has 0 heterocycles. The predicted molar refractivity (Wildman–Crippen MR) is 423 cm³/mol. The van der Waals surface area contributed by atoms with Crippen molar-refractivity contribution in [3.8, 4) is 0 Å². The highest BCUT2D eigenvalue weighted by Crippen LogP contribution is 2.17. The maximum Gasteiger partial charge on any atom is 0.326 e. The quantitative estimate of drug-likeness (QED) is 0.0252. The van der Waals surface area contributed by atoms with Crippen molar-refractivity contribution in [3.05, 3.63) is 0 Å². The first-order valence-corrected chi connectivity index (χ1v) is 39.7. The standard InChI is InChI=1S/C73H115N15O39/c1-73(127-34-54(94)79-39(10-4-7-31-76)63(109)85-42(66(112)88-48(72(123)124)19-28-60(105)106)13-22-51(91)82-45(69(117)118)16-25-57(99)100,35-125-32-52(92)77-37(8-2-5-29-74)61(107)83-40(64(110)86-46(70(119)120)17-26-58(101)102)11-20-49(89)80-43(67(113)114)14-23-55(95)96)36-126-33-53(93)78-38(9-3-6-30-75)62(108)84-41(65(111)87-47(71(121)122)18-27-59(103)104)12-21-50(90)81-44(68(115)116)15-24-56(97)98/h37-48H,2-36,74-76H2,1H3,(H,77,92)(H,78,93)(H,79,94)(H,80,89)(H,81,90)(H,82,91)(H,83,107)(H,84,108)(H,85,109)(H,86,110)(H,87,111)(H,88,112)(H,95,96)(H,97,98)(H,99,100)(H,101,102)(H,103,104)(H,105,106)(H,113,114)(H,115,116)(H,117,118)(H,119,120)(H,121,122)(H,123,124). The average molecular weight is 1830 g/mol. The summed E-state index contributed by atoms with van der Waals surface area (Å²) < 4.78 is 17.4. The summed E-state index contributed by atoms with van der Waals surface area (Å²) >= 11 is 0. The summed E-state index contributed by atoms with van der Waals surface area (Å²) in [6.45, 7) is -4.02. The maximum atomic E-state index is 14.3. The van der Waals surface area contributed by atoms with Gasteiger partial charge in [0.05, 0.1) is 13.2 Å². The minimum atomic E-state index is -2.12. The van der Waals surface area contributed by atoms with Crippen LogP contribution in [0.1, 0.15) is 180 Å². The van der Waals surface area contributed by atoms with E-state index in [9.17, 15) is 161 Å². The minimum Gasteiger partial charge on any atom is -0.481 e. The van der Waals surface area contributed by atoms with Gasteiger partial charge in [-0.1, -0.05) is 0 Å². The Balaban J connectivity index is 7.97. The highest BCUT2D eigenvalue weighted by molar-refractivity contribution is 5.97. The molecule has 12 amide bonds. The fourth-order valence-electron chi connectivity index (χ4n) is 11.3. The van der Waals surface area contributed by atoms with Gasteiger partial charge in [-0.05, 0) is 142 Å².